The summed E-state index contributed by atoms with van der Waals surface area (Å²) in [5.41, 5.74) is 1.79. The molecule has 0 aliphatic heterocycles. The second kappa shape index (κ2) is 6.29. The minimum atomic E-state index is 0.683. The van der Waals surface area contributed by atoms with E-state index in [0.717, 1.165) is 39.7 Å². The van der Waals surface area contributed by atoms with E-state index in [4.69, 9.17) is 11.6 Å². The van der Waals surface area contributed by atoms with Gasteiger partial charge in [0.1, 0.15) is 10.7 Å². The van der Waals surface area contributed by atoms with Gasteiger partial charge in [0, 0.05) is 37.1 Å². The van der Waals surface area contributed by atoms with Crippen LogP contribution in [0.3, 0.4) is 0 Å². The van der Waals surface area contributed by atoms with Crippen LogP contribution in [0, 0.1) is 0 Å². The molecule has 3 aromatic heterocycles. The van der Waals surface area contributed by atoms with Gasteiger partial charge >= 0.3 is 0 Å². The second-order valence-electron chi connectivity index (χ2n) is 5.21. The molecule has 0 bridgehead atoms. The zero-order chi connectivity index (χ0) is 16.5. The Hall–Kier alpha value is -2.32. The number of nitrogens with zero attached hydrogens (tertiary/aromatic N) is 6. The van der Waals surface area contributed by atoms with E-state index in [1.165, 1.54) is 0 Å². The Bertz CT molecular complexity index is 973. The summed E-state index contributed by atoms with van der Waals surface area (Å²) < 4.78 is 3.91. The third-order valence-corrected chi connectivity index (χ3v) is 4.92. The van der Waals surface area contributed by atoms with Crippen LogP contribution in [-0.2, 0) is 13.6 Å². The molecular weight excluding hydrogens is 346 g/mol. The van der Waals surface area contributed by atoms with Crippen LogP contribution in [0.5, 0.6) is 0 Å². The number of rotatable bonds is 5. The highest BCUT2D eigenvalue weighted by Gasteiger charge is 2.17. The van der Waals surface area contributed by atoms with Gasteiger partial charge in [-0.1, -0.05) is 17.7 Å². The molecule has 24 heavy (non-hydrogen) atoms. The maximum Gasteiger partial charge on any atom is 0.161 e. The normalized spacial score (nSPS) is 11.4. The minimum Gasteiger partial charge on any atom is -0.329 e. The Morgan fingerprint density at radius 1 is 1.33 bits per heavy atom. The van der Waals surface area contributed by atoms with Crippen LogP contribution < -0.4 is 0 Å². The van der Waals surface area contributed by atoms with Crippen LogP contribution in [0.2, 0.25) is 5.02 Å². The van der Waals surface area contributed by atoms with Crippen molar-refractivity contribution < 1.29 is 0 Å². The fourth-order valence-electron chi connectivity index (χ4n) is 2.64. The number of aromatic amines is 1. The number of aryl methyl sites for hydroxylation is 2. The van der Waals surface area contributed by atoms with Gasteiger partial charge in [-0.2, -0.15) is 15.4 Å². The van der Waals surface area contributed by atoms with Gasteiger partial charge in [-0.25, -0.2) is 4.98 Å². The number of H-pyrrole nitrogens is 1. The third-order valence-electron chi connectivity index (χ3n) is 3.73. The molecule has 7 nitrogen and oxygen atoms in total. The Kier molecular flexibility index (Phi) is 3.99. The van der Waals surface area contributed by atoms with E-state index in [2.05, 4.69) is 30.1 Å². The summed E-state index contributed by atoms with van der Waals surface area (Å²) in [4.78, 5) is 4.49. The Morgan fingerprint density at radius 3 is 3.08 bits per heavy atom. The first-order valence-corrected chi connectivity index (χ1v) is 8.71. The number of imidazole rings is 1. The van der Waals surface area contributed by atoms with Gasteiger partial charge in [-0.05, 0) is 12.1 Å². The lowest BCUT2D eigenvalue weighted by Crippen LogP contribution is -2.02. The third kappa shape index (κ3) is 2.67. The predicted octanol–water partition coefficient (Wildman–Crippen LogP) is 3.00. The quantitative estimate of drug-likeness (QED) is 0.554. The second-order valence-corrected chi connectivity index (χ2v) is 6.73. The number of thioether (sulfide) groups is 1. The van der Waals surface area contributed by atoms with Crippen molar-refractivity contribution in [2.75, 3.05) is 5.75 Å². The molecule has 3 heterocycles. The Balaban J connectivity index is 1.65. The summed E-state index contributed by atoms with van der Waals surface area (Å²) in [7, 11) is 1.91. The van der Waals surface area contributed by atoms with Gasteiger partial charge in [-0.3, -0.25) is 4.68 Å². The summed E-state index contributed by atoms with van der Waals surface area (Å²) in [5, 5.41) is 17.6. The molecule has 0 spiro atoms. The summed E-state index contributed by atoms with van der Waals surface area (Å²) in [6, 6.07) is 5.81. The van der Waals surface area contributed by atoms with E-state index in [0.29, 0.717) is 5.02 Å². The van der Waals surface area contributed by atoms with Gasteiger partial charge in [0.2, 0.25) is 0 Å². The standard InChI is InChI=1S/C15H14ClN7S/c1-22-11-4-2-3-10(16)13(11)14(20-22)15-17-5-6-23(15)7-8-24-12-9-18-21-19-12/h2-6,9H,7-8H2,1H3,(H,18,19,21). The van der Waals surface area contributed by atoms with Crippen molar-refractivity contribution >= 4 is 34.3 Å². The van der Waals surface area contributed by atoms with Gasteiger partial charge in [0.25, 0.3) is 0 Å². The molecule has 0 radical (unpaired) electrons. The zero-order valence-electron chi connectivity index (χ0n) is 12.8. The van der Waals surface area contributed by atoms with Crippen LogP contribution in [0.15, 0.2) is 41.8 Å². The van der Waals surface area contributed by atoms with Crippen LogP contribution in [-0.4, -0.2) is 40.5 Å². The molecule has 0 amide bonds. The first-order chi connectivity index (χ1) is 11.7. The molecule has 0 fully saturated rings. The average molecular weight is 360 g/mol. The maximum atomic E-state index is 6.40. The van der Waals surface area contributed by atoms with Crippen molar-refractivity contribution in [3.63, 3.8) is 0 Å². The van der Waals surface area contributed by atoms with Crippen LogP contribution in [0.4, 0.5) is 0 Å². The molecule has 9 heteroatoms. The first kappa shape index (κ1) is 15.2. The zero-order valence-corrected chi connectivity index (χ0v) is 14.4. The largest absolute Gasteiger partial charge is 0.329 e. The monoisotopic (exact) mass is 359 g/mol. The molecule has 0 saturated heterocycles. The van der Waals surface area contributed by atoms with E-state index in [-0.39, 0.29) is 0 Å². The van der Waals surface area contributed by atoms with E-state index in [1.807, 2.05) is 36.1 Å². The smallest absolute Gasteiger partial charge is 0.161 e. The lowest BCUT2D eigenvalue weighted by molar-refractivity contribution is 0.760. The lowest BCUT2D eigenvalue weighted by Gasteiger charge is -2.06. The fourth-order valence-corrected chi connectivity index (χ4v) is 3.63. The van der Waals surface area contributed by atoms with E-state index < -0.39 is 0 Å². The van der Waals surface area contributed by atoms with Gasteiger partial charge in [-0.15, -0.1) is 16.9 Å². The number of benzene rings is 1. The molecule has 0 aliphatic rings. The van der Waals surface area contributed by atoms with Crippen molar-refractivity contribution in [3.8, 4) is 11.5 Å². The van der Waals surface area contributed by atoms with E-state index >= 15 is 0 Å². The highest BCUT2D eigenvalue weighted by molar-refractivity contribution is 7.99. The molecular formula is C15H14ClN7S. The molecule has 4 aromatic rings. The Morgan fingerprint density at radius 2 is 2.25 bits per heavy atom. The van der Waals surface area contributed by atoms with Crippen LogP contribution >= 0.6 is 23.4 Å². The average Bonchev–Trinajstić information content (AvgIpc) is 3.29. The number of hydrogen-bond acceptors (Lipinski definition) is 5. The minimum absolute atomic E-state index is 0.683. The van der Waals surface area contributed by atoms with Crippen molar-refractivity contribution in [1.29, 1.82) is 0 Å². The fraction of sp³-hybridized carbons (Fsp3) is 0.200. The molecule has 0 unspecified atom stereocenters. The predicted molar refractivity (Wildman–Crippen MR) is 94.1 cm³/mol. The number of nitrogens with one attached hydrogen (secondary N) is 1. The number of aromatic nitrogens is 7. The molecule has 4 rings (SSSR count). The molecule has 122 valence electrons. The van der Waals surface area contributed by atoms with Crippen molar-refractivity contribution in [2.24, 2.45) is 7.05 Å². The molecule has 0 saturated carbocycles. The van der Waals surface area contributed by atoms with Gasteiger partial charge in [0.05, 0.1) is 16.7 Å². The van der Waals surface area contributed by atoms with Gasteiger partial charge < -0.3 is 4.57 Å². The topological polar surface area (TPSA) is 77.2 Å². The maximum absolute atomic E-state index is 6.40. The molecule has 1 N–H and O–H groups in total. The highest BCUT2D eigenvalue weighted by Crippen LogP contribution is 2.32. The number of halogens is 1. The van der Waals surface area contributed by atoms with Crippen molar-refractivity contribution in [2.45, 2.75) is 11.6 Å². The number of hydrogen-bond donors (Lipinski definition) is 1. The molecule has 0 atom stereocenters. The van der Waals surface area contributed by atoms with Crippen molar-refractivity contribution in [1.82, 2.24) is 34.7 Å². The summed E-state index contributed by atoms with van der Waals surface area (Å²) in [5.74, 6) is 1.67. The van der Waals surface area contributed by atoms with Gasteiger partial charge in [0.15, 0.2) is 5.82 Å². The summed E-state index contributed by atoms with van der Waals surface area (Å²) in [6.45, 7) is 0.787. The Labute approximate surface area is 147 Å². The highest BCUT2D eigenvalue weighted by atomic mass is 35.5. The van der Waals surface area contributed by atoms with Crippen LogP contribution in [0.1, 0.15) is 0 Å². The SMILES string of the molecule is Cn1nc(-c2nccn2CCSc2cn[nH]n2)c2c(Cl)cccc21. The van der Waals surface area contributed by atoms with E-state index in [9.17, 15) is 0 Å². The first-order valence-electron chi connectivity index (χ1n) is 7.35. The molecule has 0 aliphatic carbocycles. The summed E-state index contributed by atoms with van der Waals surface area (Å²) in [6.07, 6.45) is 5.45. The van der Waals surface area contributed by atoms with Crippen molar-refractivity contribution in [3.05, 3.63) is 41.8 Å². The van der Waals surface area contributed by atoms with E-state index in [1.54, 1.807) is 24.2 Å². The number of fused-ring (bicyclic) bond motifs is 1. The lowest BCUT2D eigenvalue weighted by atomic mass is 10.2. The summed E-state index contributed by atoms with van der Waals surface area (Å²) >= 11 is 8.04. The van der Waals surface area contributed by atoms with Crippen LogP contribution in [0.25, 0.3) is 22.4 Å². The molecule has 1 aromatic carbocycles.